The number of halogens is 2. The summed E-state index contributed by atoms with van der Waals surface area (Å²) in [6.07, 6.45) is -2.48. The summed E-state index contributed by atoms with van der Waals surface area (Å²) >= 11 is 0. The van der Waals surface area contributed by atoms with E-state index in [-0.39, 0.29) is 5.56 Å². The van der Waals surface area contributed by atoms with Gasteiger partial charge in [-0.3, -0.25) is 0 Å². The quantitative estimate of drug-likeness (QED) is 0.760. The zero-order chi connectivity index (χ0) is 10.7. The third-order valence-electron chi connectivity index (χ3n) is 2.17. The first kappa shape index (κ1) is 10.8. The monoisotopic (exact) mass is 200 g/mol. The van der Waals surface area contributed by atoms with Gasteiger partial charge in [-0.2, -0.15) is 0 Å². The molecule has 4 heteroatoms. The predicted molar refractivity (Wildman–Crippen MR) is 54.8 cm³/mol. The smallest absolute Gasteiger partial charge is 0.265 e. The zero-order valence-electron chi connectivity index (χ0n) is 8.30. The summed E-state index contributed by atoms with van der Waals surface area (Å²) in [6, 6.07) is 4.58. The van der Waals surface area contributed by atoms with Gasteiger partial charge in [0.2, 0.25) is 0 Å². The second-order valence-electron chi connectivity index (χ2n) is 3.13. The van der Waals surface area contributed by atoms with Crippen molar-refractivity contribution >= 4 is 11.4 Å². The molecule has 1 rings (SSSR count). The van der Waals surface area contributed by atoms with Crippen molar-refractivity contribution < 1.29 is 8.78 Å². The maximum atomic E-state index is 12.6. The van der Waals surface area contributed by atoms with E-state index in [0.717, 1.165) is 0 Å². The molecule has 1 aromatic carbocycles. The molecule has 0 saturated carbocycles. The zero-order valence-corrected chi connectivity index (χ0v) is 8.30. The molecule has 0 aromatic heterocycles. The molecule has 0 bridgehead atoms. The van der Waals surface area contributed by atoms with Gasteiger partial charge in [0.1, 0.15) is 0 Å². The number of hydrogen-bond acceptors (Lipinski definition) is 2. The van der Waals surface area contributed by atoms with E-state index in [0.29, 0.717) is 17.9 Å². The van der Waals surface area contributed by atoms with Crippen molar-refractivity contribution in [1.82, 2.24) is 0 Å². The Hall–Kier alpha value is -1.32. The van der Waals surface area contributed by atoms with Crippen molar-refractivity contribution in [3.8, 4) is 0 Å². The molecule has 2 nitrogen and oxygen atoms in total. The SMILES string of the molecule is CCN(C)c1ccc(N)cc1C(F)F. The largest absolute Gasteiger partial charge is 0.399 e. The molecular weight excluding hydrogens is 186 g/mol. The van der Waals surface area contributed by atoms with Crippen LogP contribution < -0.4 is 10.6 Å². The Bertz CT molecular complexity index is 313. The molecule has 0 radical (unpaired) electrons. The molecule has 2 N–H and O–H groups in total. The van der Waals surface area contributed by atoms with Crippen LogP contribution in [0, 0.1) is 0 Å². The second kappa shape index (κ2) is 4.26. The van der Waals surface area contributed by atoms with Gasteiger partial charge in [0.25, 0.3) is 6.43 Å². The maximum absolute atomic E-state index is 12.6. The van der Waals surface area contributed by atoms with E-state index in [1.807, 2.05) is 6.92 Å². The highest BCUT2D eigenvalue weighted by atomic mass is 19.3. The fourth-order valence-corrected chi connectivity index (χ4v) is 1.27. The molecule has 0 unspecified atom stereocenters. The van der Waals surface area contributed by atoms with E-state index < -0.39 is 6.43 Å². The molecule has 0 saturated heterocycles. The third kappa shape index (κ3) is 2.13. The summed E-state index contributed by atoms with van der Waals surface area (Å²) in [6.45, 7) is 2.59. The molecule has 0 aliphatic heterocycles. The van der Waals surface area contributed by atoms with Crippen molar-refractivity contribution in [1.29, 1.82) is 0 Å². The Labute approximate surface area is 82.3 Å². The van der Waals surface area contributed by atoms with Gasteiger partial charge in [-0.1, -0.05) is 0 Å². The molecule has 0 aliphatic carbocycles. The van der Waals surface area contributed by atoms with Crippen molar-refractivity contribution in [3.63, 3.8) is 0 Å². The number of benzene rings is 1. The van der Waals surface area contributed by atoms with Crippen LogP contribution in [-0.4, -0.2) is 13.6 Å². The Kier molecular flexibility index (Phi) is 3.28. The lowest BCUT2D eigenvalue weighted by atomic mass is 10.1. The van der Waals surface area contributed by atoms with E-state index in [4.69, 9.17) is 5.73 Å². The number of rotatable bonds is 3. The number of hydrogen-bond donors (Lipinski definition) is 1. The molecular formula is C10H14F2N2. The number of anilines is 2. The molecule has 1 aromatic rings. The minimum absolute atomic E-state index is 0.00523. The Morgan fingerprint density at radius 3 is 2.57 bits per heavy atom. The van der Waals surface area contributed by atoms with Crippen LogP contribution >= 0.6 is 0 Å². The Morgan fingerprint density at radius 1 is 1.43 bits per heavy atom. The van der Waals surface area contributed by atoms with Crippen LogP contribution in [-0.2, 0) is 0 Å². The van der Waals surface area contributed by atoms with Gasteiger partial charge in [0.15, 0.2) is 0 Å². The van der Waals surface area contributed by atoms with Gasteiger partial charge >= 0.3 is 0 Å². The predicted octanol–water partition coefficient (Wildman–Crippen LogP) is 2.66. The maximum Gasteiger partial charge on any atom is 0.265 e. The van der Waals surface area contributed by atoms with Crippen LogP contribution in [0.1, 0.15) is 18.9 Å². The van der Waals surface area contributed by atoms with Crippen LogP contribution in [0.3, 0.4) is 0 Å². The molecule has 78 valence electrons. The van der Waals surface area contributed by atoms with Gasteiger partial charge < -0.3 is 10.6 Å². The average molecular weight is 200 g/mol. The van der Waals surface area contributed by atoms with Gasteiger partial charge in [-0.25, -0.2) is 8.78 Å². The Morgan fingerprint density at radius 2 is 2.07 bits per heavy atom. The van der Waals surface area contributed by atoms with Gasteiger partial charge in [0, 0.05) is 30.5 Å². The molecule has 0 aliphatic rings. The van der Waals surface area contributed by atoms with Crippen LogP contribution in [0.2, 0.25) is 0 Å². The van der Waals surface area contributed by atoms with Crippen LogP contribution in [0.5, 0.6) is 0 Å². The van der Waals surface area contributed by atoms with Crippen molar-refractivity contribution in [2.45, 2.75) is 13.3 Å². The highest BCUT2D eigenvalue weighted by Crippen LogP contribution is 2.30. The Balaban J connectivity index is 3.14. The average Bonchev–Trinajstić information content (AvgIpc) is 2.16. The fraction of sp³-hybridized carbons (Fsp3) is 0.400. The first-order valence-corrected chi connectivity index (χ1v) is 4.45. The summed E-state index contributed by atoms with van der Waals surface area (Å²) in [5.41, 5.74) is 6.36. The van der Waals surface area contributed by atoms with Crippen molar-refractivity contribution in [2.75, 3.05) is 24.2 Å². The summed E-state index contributed by atoms with van der Waals surface area (Å²) < 4.78 is 25.2. The van der Waals surface area contributed by atoms with Crippen LogP contribution in [0.4, 0.5) is 20.2 Å². The molecule has 14 heavy (non-hydrogen) atoms. The first-order valence-electron chi connectivity index (χ1n) is 4.45. The van der Waals surface area contributed by atoms with E-state index in [1.54, 1.807) is 24.1 Å². The van der Waals surface area contributed by atoms with E-state index >= 15 is 0 Å². The summed E-state index contributed by atoms with van der Waals surface area (Å²) in [5.74, 6) is 0. The van der Waals surface area contributed by atoms with Gasteiger partial charge in [-0.05, 0) is 25.1 Å². The number of alkyl halides is 2. The van der Waals surface area contributed by atoms with Gasteiger partial charge in [-0.15, -0.1) is 0 Å². The topological polar surface area (TPSA) is 29.3 Å². The minimum Gasteiger partial charge on any atom is -0.399 e. The van der Waals surface area contributed by atoms with E-state index in [1.165, 1.54) is 6.07 Å². The lowest BCUT2D eigenvalue weighted by molar-refractivity contribution is 0.152. The first-order chi connectivity index (χ1) is 6.56. The van der Waals surface area contributed by atoms with Crippen molar-refractivity contribution in [2.24, 2.45) is 0 Å². The minimum atomic E-state index is -2.48. The van der Waals surface area contributed by atoms with E-state index in [9.17, 15) is 8.78 Å². The second-order valence-corrected chi connectivity index (χ2v) is 3.13. The van der Waals surface area contributed by atoms with E-state index in [2.05, 4.69) is 0 Å². The standard InChI is InChI=1S/C10H14F2N2/c1-3-14(2)9-5-4-7(13)6-8(9)10(11)12/h4-6,10H,3,13H2,1-2H3. The summed E-state index contributed by atoms with van der Waals surface area (Å²) in [5, 5.41) is 0. The summed E-state index contributed by atoms with van der Waals surface area (Å²) in [4.78, 5) is 1.76. The highest BCUT2D eigenvalue weighted by Gasteiger charge is 2.15. The number of nitrogens with zero attached hydrogens (tertiary/aromatic N) is 1. The molecule has 0 amide bonds. The van der Waals surface area contributed by atoms with Crippen LogP contribution in [0.25, 0.3) is 0 Å². The van der Waals surface area contributed by atoms with Crippen molar-refractivity contribution in [3.05, 3.63) is 23.8 Å². The number of nitrogens with two attached hydrogens (primary N) is 1. The normalized spacial score (nSPS) is 10.6. The molecule has 0 spiro atoms. The van der Waals surface area contributed by atoms with Crippen LogP contribution in [0.15, 0.2) is 18.2 Å². The molecule has 0 heterocycles. The third-order valence-corrected chi connectivity index (χ3v) is 2.17. The fourth-order valence-electron chi connectivity index (χ4n) is 1.27. The number of nitrogen functional groups attached to an aromatic ring is 1. The molecule has 0 atom stereocenters. The highest BCUT2D eigenvalue weighted by molar-refractivity contribution is 5.59. The lowest BCUT2D eigenvalue weighted by Crippen LogP contribution is -2.17. The lowest BCUT2D eigenvalue weighted by Gasteiger charge is -2.20. The summed E-state index contributed by atoms with van der Waals surface area (Å²) in [7, 11) is 1.78. The molecule has 0 fully saturated rings. The van der Waals surface area contributed by atoms with Gasteiger partial charge in [0.05, 0.1) is 0 Å².